The summed E-state index contributed by atoms with van der Waals surface area (Å²) >= 11 is 0. The summed E-state index contributed by atoms with van der Waals surface area (Å²) in [4.78, 5) is 12.0. The highest BCUT2D eigenvalue weighted by atomic mass is 35.5. The number of methoxy groups -OCH3 is 1. The van der Waals surface area contributed by atoms with E-state index in [1.165, 1.54) is 12.8 Å². The first-order valence-electron chi connectivity index (χ1n) is 8.55. The summed E-state index contributed by atoms with van der Waals surface area (Å²) in [5.74, 6) is 1.77. The van der Waals surface area contributed by atoms with Crippen LogP contribution in [0.5, 0.6) is 11.5 Å². The average Bonchev–Trinajstić information content (AvgIpc) is 2.91. The lowest BCUT2D eigenvalue weighted by Crippen LogP contribution is -2.48. The monoisotopic (exact) mass is 354 g/mol. The molecule has 2 atom stereocenters. The molecule has 2 aliphatic heterocycles. The van der Waals surface area contributed by atoms with Crippen molar-refractivity contribution in [3.8, 4) is 11.5 Å². The summed E-state index contributed by atoms with van der Waals surface area (Å²) in [6.07, 6.45) is 5.92. The molecular formula is C18H27ClN2O3. The summed E-state index contributed by atoms with van der Waals surface area (Å²) in [7, 11) is 1.64. The van der Waals surface area contributed by atoms with Crippen LogP contribution >= 0.6 is 12.4 Å². The van der Waals surface area contributed by atoms with E-state index in [1.54, 1.807) is 7.11 Å². The standard InChI is InChI=1S/C18H26N2O3.ClH/c1-22-16-6-8-17(9-7-16)23-10-2-3-18(21)20-15-11-13-4-5-14(12-15)19-13;/h6-9,13-15,19H,2-5,10-12H2,1H3,(H,20,21);1H. The minimum Gasteiger partial charge on any atom is -0.497 e. The van der Waals surface area contributed by atoms with E-state index in [9.17, 15) is 4.79 Å². The van der Waals surface area contributed by atoms with E-state index >= 15 is 0 Å². The predicted octanol–water partition coefficient (Wildman–Crippen LogP) is 2.68. The number of rotatable bonds is 7. The van der Waals surface area contributed by atoms with Crippen LogP contribution in [0, 0.1) is 0 Å². The zero-order chi connectivity index (χ0) is 16.1. The number of ether oxygens (including phenoxy) is 2. The zero-order valence-electron chi connectivity index (χ0n) is 14.1. The van der Waals surface area contributed by atoms with Gasteiger partial charge in [0.15, 0.2) is 0 Å². The van der Waals surface area contributed by atoms with Crippen molar-refractivity contribution in [2.75, 3.05) is 13.7 Å². The minimum atomic E-state index is 0. The number of hydrogen-bond donors (Lipinski definition) is 2. The van der Waals surface area contributed by atoms with E-state index in [0.29, 0.717) is 31.2 Å². The van der Waals surface area contributed by atoms with Gasteiger partial charge in [0.2, 0.25) is 5.91 Å². The van der Waals surface area contributed by atoms with Crippen molar-refractivity contribution in [3.05, 3.63) is 24.3 Å². The molecule has 1 aromatic carbocycles. The number of fused-ring (bicyclic) bond motifs is 2. The molecule has 0 spiro atoms. The van der Waals surface area contributed by atoms with Gasteiger partial charge in [-0.1, -0.05) is 0 Å². The molecule has 24 heavy (non-hydrogen) atoms. The second-order valence-electron chi connectivity index (χ2n) is 6.50. The number of benzene rings is 1. The van der Waals surface area contributed by atoms with Crippen LogP contribution in [0.25, 0.3) is 0 Å². The Labute approximate surface area is 149 Å². The first-order chi connectivity index (χ1) is 11.2. The van der Waals surface area contributed by atoms with E-state index in [-0.39, 0.29) is 18.3 Å². The van der Waals surface area contributed by atoms with Gasteiger partial charge in [0, 0.05) is 24.5 Å². The van der Waals surface area contributed by atoms with Crippen LogP contribution in [-0.4, -0.2) is 37.7 Å². The first kappa shape index (κ1) is 18.9. The number of piperidine rings is 1. The molecule has 2 unspecified atom stereocenters. The summed E-state index contributed by atoms with van der Waals surface area (Å²) < 4.78 is 10.7. The van der Waals surface area contributed by atoms with Gasteiger partial charge < -0.3 is 20.1 Å². The van der Waals surface area contributed by atoms with Gasteiger partial charge in [-0.2, -0.15) is 0 Å². The zero-order valence-corrected chi connectivity index (χ0v) is 14.9. The molecule has 0 saturated carbocycles. The minimum absolute atomic E-state index is 0. The molecule has 2 fully saturated rings. The van der Waals surface area contributed by atoms with Crippen molar-refractivity contribution < 1.29 is 14.3 Å². The van der Waals surface area contributed by atoms with E-state index in [1.807, 2.05) is 24.3 Å². The normalized spacial score (nSPS) is 24.8. The molecule has 6 heteroatoms. The molecule has 0 aliphatic carbocycles. The van der Waals surface area contributed by atoms with Crippen molar-refractivity contribution in [1.29, 1.82) is 0 Å². The third kappa shape index (κ3) is 5.28. The molecule has 3 rings (SSSR count). The van der Waals surface area contributed by atoms with E-state index in [0.717, 1.165) is 30.8 Å². The fourth-order valence-corrected chi connectivity index (χ4v) is 3.57. The van der Waals surface area contributed by atoms with Gasteiger partial charge in [0.25, 0.3) is 0 Å². The van der Waals surface area contributed by atoms with Crippen molar-refractivity contribution in [2.45, 2.75) is 56.7 Å². The molecule has 2 N–H and O–H groups in total. The maximum absolute atomic E-state index is 12.0. The Bertz CT molecular complexity index is 512. The lowest BCUT2D eigenvalue weighted by atomic mass is 9.99. The topological polar surface area (TPSA) is 59.6 Å². The Kier molecular flexibility index (Phi) is 7.18. The lowest BCUT2D eigenvalue weighted by Gasteiger charge is -2.29. The van der Waals surface area contributed by atoms with Gasteiger partial charge in [-0.05, 0) is 56.4 Å². The first-order valence-corrected chi connectivity index (χ1v) is 8.55. The summed E-state index contributed by atoms with van der Waals surface area (Å²) in [5.41, 5.74) is 0. The molecule has 0 aromatic heterocycles. The molecule has 1 amide bonds. The van der Waals surface area contributed by atoms with Gasteiger partial charge in [-0.25, -0.2) is 0 Å². The Morgan fingerprint density at radius 1 is 1.17 bits per heavy atom. The number of amides is 1. The third-order valence-corrected chi connectivity index (χ3v) is 4.71. The van der Waals surface area contributed by atoms with Crippen molar-refractivity contribution in [3.63, 3.8) is 0 Å². The van der Waals surface area contributed by atoms with Gasteiger partial charge >= 0.3 is 0 Å². The average molecular weight is 355 g/mol. The van der Waals surface area contributed by atoms with Crippen molar-refractivity contribution in [1.82, 2.24) is 10.6 Å². The smallest absolute Gasteiger partial charge is 0.220 e. The van der Waals surface area contributed by atoms with Gasteiger partial charge in [0.05, 0.1) is 13.7 Å². The Morgan fingerprint density at radius 3 is 2.42 bits per heavy atom. The maximum atomic E-state index is 12.0. The summed E-state index contributed by atoms with van der Waals surface area (Å²) in [5, 5.41) is 6.77. The second kappa shape index (κ2) is 9.14. The fourth-order valence-electron chi connectivity index (χ4n) is 3.57. The molecule has 1 aromatic rings. The number of carbonyl (C=O) groups is 1. The predicted molar refractivity (Wildman–Crippen MR) is 96.1 cm³/mol. The van der Waals surface area contributed by atoms with Crippen LogP contribution in [0.3, 0.4) is 0 Å². The van der Waals surface area contributed by atoms with Crippen LogP contribution in [-0.2, 0) is 4.79 Å². The molecule has 2 saturated heterocycles. The second-order valence-corrected chi connectivity index (χ2v) is 6.50. The molecule has 2 aliphatic rings. The molecule has 134 valence electrons. The SMILES string of the molecule is COc1ccc(OCCCC(=O)NC2CC3CCC(C2)N3)cc1.Cl. The fraction of sp³-hybridized carbons (Fsp3) is 0.611. The Balaban J connectivity index is 0.00000208. The molecule has 2 heterocycles. The van der Waals surface area contributed by atoms with Gasteiger partial charge in [-0.15, -0.1) is 12.4 Å². The molecule has 5 nitrogen and oxygen atoms in total. The van der Waals surface area contributed by atoms with Crippen LogP contribution in [0.4, 0.5) is 0 Å². The highest BCUT2D eigenvalue weighted by Gasteiger charge is 2.33. The number of halogens is 1. The molecule has 0 radical (unpaired) electrons. The van der Waals surface area contributed by atoms with Crippen molar-refractivity contribution >= 4 is 18.3 Å². The third-order valence-electron chi connectivity index (χ3n) is 4.71. The number of carbonyl (C=O) groups excluding carboxylic acids is 1. The van der Waals surface area contributed by atoms with Crippen molar-refractivity contribution in [2.24, 2.45) is 0 Å². The number of nitrogens with one attached hydrogen (secondary N) is 2. The molecule has 2 bridgehead atoms. The van der Waals surface area contributed by atoms with Gasteiger partial charge in [-0.3, -0.25) is 4.79 Å². The highest BCUT2D eigenvalue weighted by molar-refractivity contribution is 5.85. The largest absolute Gasteiger partial charge is 0.497 e. The maximum Gasteiger partial charge on any atom is 0.220 e. The van der Waals surface area contributed by atoms with Crippen LogP contribution in [0.1, 0.15) is 38.5 Å². The van der Waals surface area contributed by atoms with E-state index in [4.69, 9.17) is 9.47 Å². The van der Waals surface area contributed by atoms with Crippen LogP contribution < -0.4 is 20.1 Å². The van der Waals surface area contributed by atoms with Crippen LogP contribution in [0.15, 0.2) is 24.3 Å². The van der Waals surface area contributed by atoms with Gasteiger partial charge in [0.1, 0.15) is 11.5 Å². The highest BCUT2D eigenvalue weighted by Crippen LogP contribution is 2.26. The Hall–Kier alpha value is -1.46. The molecular weight excluding hydrogens is 328 g/mol. The summed E-state index contributed by atoms with van der Waals surface area (Å²) in [6, 6.07) is 9.06. The van der Waals surface area contributed by atoms with Crippen LogP contribution in [0.2, 0.25) is 0 Å². The Morgan fingerprint density at radius 2 is 1.79 bits per heavy atom. The van der Waals surface area contributed by atoms with E-state index < -0.39 is 0 Å². The quantitative estimate of drug-likeness (QED) is 0.739. The van der Waals surface area contributed by atoms with E-state index in [2.05, 4.69) is 10.6 Å². The number of hydrogen-bond acceptors (Lipinski definition) is 4. The summed E-state index contributed by atoms with van der Waals surface area (Å²) in [6.45, 7) is 0.553. The lowest BCUT2D eigenvalue weighted by molar-refractivity contribution is -0.122.